The van der Waals surface area contributed by atoms with Crippen molar-refractivity contribution in [1.82, 2.24) is 0 Å². The Labute approximate surface area is 133 Å². The van der Waals surface area contributed by atoms with Crippen LogP contribution < -0.4 is 5.32 Å². The molecule has 110 valence electrons. The van der Waals surface area contributed by atoms with E-state index in [2.05, 4.69) is 5.32 Å². The van der Waals surface area contributed by atoms with Gasteiger partial charge in [-0.3, -0.25) is 0 Å². The van der Waals surface area contributed by atoms with Crippen LogP contribution in [0.5, 0.6) is 0 Å². The second-order valence-corrected chi connectivity index (χ2v) is 5.48. The van der Waals surface area contributed by atoms with Crippen LogP contribution in [0.3, 0.4) is 0 Å². The summed E-state index contributed by atoms with van der Waals surface area (Å²) in [7, 11) is 0. The molecule has 0 radical (unpaired) electrons. The third-order valence-electron chi connectivity index (χ3n) is 3.20. The van der Waals surface area contributed by atoms with E-state index in [1.54, 1.807) is 24.3 Å². The minimum atomic E-state index is -0.943. The van der Waals surface area contributed by atoms with Crippen molar-refractivity contribution in [2.24, 2.45) is 0 Å². The first-order chi connectivity index (χ1) is 10.0. The van der Waals surface area contributed by atoms with E-state index in [0.29, 0.717) is 10.0 Å². The topological polar surface area (TPSA) is 49.3 Å². The van der Waals surface area contributed by atoms with Crippen molar-refractivity contribution in [2.75, 3.05) is 5.32 Å². The van der Waals surface area contributed by atoms with Crippen LogP contribution in [-0.2, 0) is 0 Å². The highest BCUT2D eigenvalue weighted by molar-refractivity contribution is 6.42. The Bertz CT molecular complexity index is 658. The molecule has 0 aliphatic rings. The highest BCUT2D eigenvalue weighted by Crippen LogP contribution is 2.29. The van der Waals surface area contributed by atoms with Crippen LogP contribution >= 0.6 is 23.2 Å². The number of rotatable bonds is 5. The molecular formula is C16H15Cl2NO2. The first-order valence-electron chi connectivity index (χ1n) is 6.56. The number of nitrogens with one attached hydrogen (secondary N) is 1. The number of halogens is 2. The highest BCUT2D eigenvalue weighted by atomic mass is 35.5. The lowest BCUT2D eigenvalue weighted by Gasteiger charge is -2.19. The summed E-state index contributed by atoms with van der Waals surface area (Å²) in [4.78, 5) is 11.0. The summed E-state index contributed by atoms with van der Waals surface area (Å²) in [6.07, 6.45) is 0.829. The van der Waals surface area contributed by atoms with Gasteiger partial charge in [-0.15, -0.1) is 0 Å². The lowest BCUT2D eigenvalue weighted by atomic mass is 10.0. The summed E-state index contributed by atoms with van der Waals surface area (Å²) >= 11 is 12.0. The Morgan fingerprint density at radius 2 is 1.95 bits per heavy atom. The fourth-order valence-corrected chi connectivity index (χ4v) is 2.40. The average molecular weight is 324 g/mol. The molecule has 0 saturated heterocycles. The van der Waals surface area contributed by atoms with Crippen molar-refractivity contribution in [3.05, 3.63) is 63.6 Å². The molecule has 2 rings (SSSR count). The molecule has 0 bridgehead atoms. The molecule has 0 saturated carbocycles. The number of carboxylic acids is 1. The van der Waals surface area contributed by atoms with Crippen molar-refractivity contribution >= 4 is 34.9 Å². The van der Waals surface area contributed by atoms with Gasteiger partial charge in [0.2, 0.25) is 0 Å². The van der Waals surface area contributed by atoms with E-state index in [4.69, 9.17) is 28.3 Å². The zero-order chi connectivity index (χ0) is 15.4. The molecule has 0 aliphatic carbocycles. The van der Waals surface area contributed by atoms with Crippen molar-refractivity contribution < 1.29 is 9.90 Å². The van der Waals surface area contributed by atoms with Crippen molar-refractivity contribution in [1.29, 1.82) is 0 Å². The first-order valence-corrected chi connectivity index (χ1v) is 7.31. The molecular weight excluding hydrogens is 309 g/mol. The van der Waals surface area contributed by atoms with Crippen LogP contribution in [0.15, 0.2) is 42.5 Å². The maximum Gasteiger partial charge on any atom is 0.335 e. The molecule has 3 nitrogen and oxygen atoms in total. The minimum absolute atomic E-state index is 0.0313. The molecule has 0 aromatic heterocycles. The number of hydrogen-bond donors (Lipinski definition) is 2. The van der Waals surface area contributed by atoms with Gasteiger partial charge in [-0.05, 0) is 42.3 Å². The average Bonchev–Trinajstić information content (AvgIpc) is 2.48. The normalized spacial score (nSPS) is 12.0. The van der Waals surface area contributed by atoms with Gasteiger partial charge in [0.15, 0.2) is 0 Å². The van der Waals surface area contributed by atoms with Gasteiger partial charge >= 0.3 is 5.97 Å². The van der Waals surface area contributed by atoms with Gasteiger partial charge in [0, 0.05) is 5.69 Å². The summed E-state index contributed by atoms with van der Waals surface area (Å²) < 4.78 is 0. The maximum atomic E-state index is 11.0. The third-order valence-corrected chi connectivity index (χ3v) is 3.94. The van der Waals surface area contributed by atoms with E-state index in [1.165, 1.54) is 0 Å². The van der Waals surface area contributed by atoms with E-state index >= 15 is 0 Å². The molecule has 1 unspecified atom stereocenters. The smallest absolute Gasteiger partial charge is 0.335 e. The van der Waals surface area contributed by atoms with Crippen LogP contribution in [0.2, 0.25) is 10.0 Å². The molecule has 0 aliphatic heterocycles. The van der Waals surface area contributed by atoms with Gasteiger partial charge in [-0.2, -0.15) is 0 Å². The Morgan fingerprint density at radius 3 is 2.57 bits per heavy atom. The summed E-state index contributed by atoms with van der Waals surface area (Å²) in [6.45, 7) is 2.04. The molecule has 5 heteroatoms. The van der Waals surface area contributed by atoms with Crippen LogP contribution in [0, 0.1) is 0 Å². The predicted molar refractivity (Wildman–Crippen MR) is 86.5 cm³/mol. The number of carbonyl (C=O) groups is 1. The van der Waals surface area contributed by atoms with Gasteiger partial charge < -0.3 is 10.4 Å². The Kier molecular flexibility index (Phi) is 5.10. The van der Waals surface area contributed by atoms with Gasteiger partial charge in [-0.25, -0.2) is 4.79 Å². The van der Waals surface area contributed by atoms with Gasteiger partial charge in [0.05, 0.1) is 21.7 Å². The quantitative estimate of drug-likeness (QED) is 0.789. The predicted octanol–water partition coefficient (Wildman–Crippen LogP) is 5.25. The SMILES string of the molecule is CCC(Nc1cccc(C(=O)O)c1)c1ccc(Cl)c(Cl)c1. The number of carboxylic acid groups (broad SMARTS) is 1. The lowest BCUT2D eigenvalue weighted by Crippen LogP contribution is -2.10. The molecule has 2 aromatic carbocycles. The molecule has 2 aromatic rings. The van der Waals surface area contributed by atoms with E-state index in [-0.39, 0.29) is 11.6 Å². The molecule has 0 spiro atoms. The second-order valence-electron chi connectivity index (χ2n) is 4.66. The first kappa shape index (κ1) is 15.7. The van der Waals surface area contributed by atoms with Crippen LogP contribution in [0.4, 0.5) is 5.69 Å². The standard InChI is InChI=1S/C16H15Cl2NO2/c1-2-15(10-6-7-13(17)14(18)9-10)19-12-5-3-4-11(8-12)16(20)21/h3-9,15,19H,2H2,1H3,(H,20,21). The summed E-state index contributed by atoms with van der Waals surface area (Å²) in [5.41, 5.74) is 2.02. The molecule has 1 atom stereocenters. The summed E-state index contributed by atoms with van der Waals surface area (Å²) in [6, 6.07) is 12.3. The molecule has 21 heavy (non-hydrogen) atoms. The third kappa shape index (κ3) is 3.90. The molecule has 2 N–H and O–H groups in total. The van der Waals surface area contributed by atoms with E-state index < -0.39 is 5.97 Å². The van der Waals surface area contributed by atoms with Gasteiger partial charge in [0.1, 0.15) is 0 Å². The van der Waals surface area contributed by atoms with Gasteiger partial charge in [-0.1, -0.05) is 42.3 Å². The molecule has 0 amide bonds. The van der Waals surface area contributed by atoms with Crippen LogP contribution in [0.1, 0.15) is 35.3 Å². The van der Waals surface area contributed by atoms with E-state index in [1.807, 2.05) is 25.1 Å². The lowest BCUT2D eigenvalue weighted by molar-refractivity contribution is 0.0697. The summed E-state index contributed by atoms with van der Waals surface area (Å²) in [5.74, 6) is -0.943. The zero-order valence-corrected chi connectivity index (χ0v) is 12.9. The van der Waals surface area contributed by atoms with Crippen molar-refractivity contribution in [3.8, 4) is 0 Å². The number of benzene rings is 2. The van der Waals surface area contributed by atoms with Crippen molar-refractivity contribution in [2.45, 2.75) is 19.4 Å². The highest BCUT2D eigenvalue weighted by Gasteiger charge is 2.12. The minimum Gasteiger partial charge on any atom is -0.478 e. The maximum absolute atomic E-state index is 11.0. The largest absolute Gasteiger partial charge is 0.478 e. The van der Waals surface area contributed by atoms with Crippen molar-refractivity contribution in [3.63, 3.8) is 0 Å². The van der Waals surface area contributed by atoms with Crippen LogP contribution in [-0.4, -0.2) is 11.1 Å². The molecule has 0 fully saturated rings. The number of hydrogen-bond acceptors (Lipinski definition) is 2. The van der Waals surface area contributed by atoms with E-state index in [9.17, 15) is 4.79 Å². The second kappa shape index (κ2) is 6.83. The Morgan fingerprint density at radius 1 is 1.19 bits per heavy atom. The zero-order valence-electron chi connectivity index (χ0n) is 11.4. The number of anilines is 1. The van der Waals surface area contributed by atoms with Crippen LogP contribution in [0.25, 0.3) is 0 Å². The van der Waals surface area contributed by atoms with Gasteiger partial charge in [0.25, 0.3) is 0 Å². The number of aromatic carboxylic acids is 1. The Hall–Kier alpha value is -1.71. The van der Waals surface area contributed by atoms with E-state index in [0.717, 1.165) is 17.7 Å². The fourth-order valence-electron chi connectivity index (χ4n) is 2.09. The monoisotopic (exact) mass is 323 g/mol. The summed E-state index contributed by atoms with van der Waals surface area (Å²) in [5, 5.41) is 13.4. The molecule has 0 heterocycles. The Balaban J connectivity index is 2.24. The fraction of sp³-hybridized carbons (Fsp3) is 0.188.